The number of nitrogens with one attached hydrogen (secondary N) is 1. The van der Waals surface area contributed by atoms with Crippen LogP contribution in [0.2, 0.25) is 0 Å². The Kier molecular flexibility index (Phi) is 5.81. The minimum absolute atomic E-state index is 0.00970. The lowest BCUT2D eigenvalue weighted by molar-refractivity contribution is -0.291. The molecule has 164 valence electrons. The number of alkyl halides is 5. The van der Waals surface area contributed by atoms with Crippen molar-refractivity contribution >= 4 is 5.91 Å². The molecular weight excluding hydrogens is 421 g/mol. The molecule has 2 aromatic rings. The molecule has 1 amide bonds. The van der Waals surface area contributed by atoms with Gasteiger partial charge >= 0.3 is 12.1 Å². The molecule has 1 aliphatic heterocycles. The number of aromatic amines is 1. The molecule has 30 heavy (non-hydrogen) atoms. The van der Waals surface area contributed by atoms with E-state index >= 15 is 0 Å². The van der Waals surface area contributed by atoms with Gasteiger partial charge in [0.2, 0.25) is 5.91 Å². The van der Waals surface area contributed by atoms with E-state index in [0.717, 1.165) is 23.1 Å². The van der Waals surface area contributed by atoms with Crippen LogP contribution < -0.4 is 5.73 Å². The summed E-state index contributed by atoms with van der Waals surface area (Å²) >= 11 is 0. The van der Waals surface area contributed by atoms with Crippen molar-refractivity contribution in [3.05, 3.63) is 52.3 Å². The number of amides is 1. The smallest absolute Gasteiger partial charge is 0.338 e. The van der Waals surface area contributed by atoms with Gasteiger partial charge in [-0.3, -0.25) is 9.89 Å². The van der Waals surface area contributed by atoms with Crippen molar-refractivity contribution < 1.29 is 35.5 Å². The van der Waals surface area contributed by atoms with E-state index in [0.29, 0.717) is 0 Å². The summed E-state index contributed by atoms with van der Waals surface area (Å²) in [6.07, 6.45) is -6.30. The predicted octanol–water partition coefficient (Wildman–Crippen LogP) is 3.19. The van der Waals surface area contributed by atoms with Crippen LogP contribution in [-0.2, 0) is 30.1 Å². The maximum absolute atomic E-state index is 13.7. The second-order valence-electron chi connectivity index (χ2n) is 7.07. The number of hydrogen-bond donors (Lipinski definition) is 2. The number of carbonyl (C=O) groups is 1. The molecule has 0 radical (unpaired) electrons. The standard InChI is InChI=1S/C18H17F7N4O/c19-10-1-2-13(20)9(5-10)6-11(26)7-15(30)29-4-3-14-12(8-29)16(28-27-14)17(21,22)18(23,24)25/h1-2,5,11H,3-4,6-8,26H2,(H,27,28)/t11-/m1/s1. The molecule has 0 unspecified atom stereocenters. The molecule has 0 aliphatic carbocycles. The highest BCUT2D eigenvalue weighted by atomic mass is 19.4. The van der Waals surface area contributed by atoms with Gasteiger partial charge in [0.15, 0.2) is 0 Å². The molecule has 0 saturated heterocycles. The Morgan fingerprint density at radius 2 is 1.93 bits per heavy atom. The Bertz CT molecular complexity index is 941. The Balaban J connectivity index is 1.70. The van der Waals surface area contributed by atoms with Gasteiger partial charge in [-0.25, -0.2) is 8.78 Å². The van der Waals surface area contributed by atoms with Crippen molar-refractivity contribution in [2.75, 3.05) is 6.54 Å². The zero-order chi connectivity index (χ0) is 22.3. The van der Waals surface area contributed by atoms with Crippen LogP contribution in [0.4, 0.5) is 30.7 Å². The van der Waals surface area contributed by atoms with Crippen LogP contribution in [-0.4, -0.2) is 39.8 Å². The Hall–Kier alpha value is -2.63. The Labute approximate surface area is 166 Å². The third kappa shape index (κ3) is 4.27. The van der Waals surface area contributed by atoms with E-state index in [1.807, 2.05) is 0 Å². The second kappa shape index (κ2) is 7.89. The average Bonchev–Trinajstić information content (AvgIpc) is 3.07. The normalized spacial score (nSPS) is 15.8. The molecule has 0 saturated carbocycles. The second-order valence-corrected chi connectivity index (χ2v) is 7.07. The lowest BCUT2D eigenvalue weighted by atomic mass is 9.99. The van der Waals surface area contributed by atoms with E-state index < -0.39 is 47.9 Å². The molecule has 3 rings (SSSR count). The number of carbonyl (C=O) groups excluding carboxylic acids is 1. The van der Waals surface area contributed by atoms with Crippen molar-refractivity contribution in [3.63, 3.8) is 0 Å². The minimum Gasteiger partial charge on any atom is -0.338 e. The molecule has 1 atom stereocenters. The van der Waals surface area contributed by atoms with E-state index in [-0.39, 0.29) is 42.6 Å². The molecule has 0 spiro atoms. The van der Waals surface area contributed by atoms with Crippen LogP contribution in [0.3, 0.4) is 0 Å². The first kappa shape index (κ1) is 22.1. The summed E-state index contributed by atoms with van der Waals surface area (Å²) in [5, 5.41) is 5.31. The summed E-state index contributed by atoms with van der Waals surface area (Å²) in [6.45, 7) is -0.432. The highest BCUT2D eigenvalue weighted by Crippen LogP contribution is 2.45. The van der Waals surface area contributed by atoms with E-state index in [4.69, 9.17) is 5.73 Å². The number of nitrogens with two attached hydrogens (primary N) is 1. The minimum atomic E-state index is -5.83. The Morgan fingerprint density at radius 1 is 1.23 bits per heavy atom. The number of H-pyrrole nitrogens is 1. The number of hydrogen-bond acceptors (Lipinski definition) is 3. The summed E-state index contributed by atoms with van der Waals surface area (Å²) in [6, 6.07) is 1.90. The summed E-state index contributed by atoms with van der Waals surface area (Å²) in [4.78, 5) is 13.6. The third-order valence-electron chi connectivity index (χ3n) is 4.87. The molecule has 1 aromatic heterocycles. The molecular formula is C18H17F7N4O. The van der Waals surface area contributed by atoms with Crippen molar-refractivity contribution in [1.82, 2.24) is 15.1 Å². The largest absolute Gasteiger partial charge is 0.459 e. The SMILES string of the molecule is N[C@@H](CC(=O)N1CCc2[nH]nc(C(F)(F)C(F)(F)F)c2C1)Cc1cc(F)ccc1F. The molecule has 0 bridgehead atoms. The van der Waals surface area contributed by atoms with Crippen LogP contribution in [0.15, 0.2) is 18.2 Å². The molecule has 5 nitrogen and oxygen atoms in total. The van der Waals surface area contributed by atoms with Crippen molar-refractivity contribution in [1.29, 1.82) is 0 Å². The zero-order valence-corrected chi connectivity index (χ0v) is 15.4. The molecule has 1 aromatic carbocycles. The van der Waals surface area contributed by atoms with Crippen LogP contribution in [0.1, 0.15) is 28.9 Å². The maximum atomic E-state index is 13.7. The number of halogens is 7. The van der Waals surface area contributed by atoms with Gasteiger partial charge in [0.25, 0.3) is 0 Å². The first-order chi connectivity index (χ1) is 13.9. The predicted molar refractivity (Wildman–Crippen MR) is 90.3 cm³/mol. The lowest BCUT2D eigenvalue weighted by Gasteiger charge is -2.29. The van der Waals surface area contributed by atoms with Gasteiger partial charge in [-0.2, -0.15) is 27.1 Å². The summed E-state index contributed by atoms with van der Waals surface area (Å²) in [5.74, 6) is -7.15. The molecule has 2 heterocycles. The van der Waals surface area contributed by atoms with Gasteiger partial charge in [-0.15, -0.1) is 0 Å². The highest BCUT2D eigenvalue weighted by Gasteiger charge is 2.61. The number of rotatable bonds is 5. The summed E-state index contributed by atoms with van der Waals surface area (Å²) in [7, 11) is 0. The van der Waals surface area contributed by atoms with Gasteiger partial charge in [0, 0.05) is 43.2 Å². The fourth-order valence-electron chi connectivity index (χ4n) is 3.31. The number of benzene rings is 1. The first-order valence-corrected chi connectivity index (χ1v) is 8.88. The molecule has 0 fully saturated rings. The monoisotopic (exact) mass is 438 g/mol. The van der Waals surface area contributed by atoms with Crippen LogP contribution in [0.25, 0.3) is 0 Å². The average molecular weight is 438 g/mol. The Morgan fingerprint density at radius 3 is 2.60 bits per heavy atom. The van der Waals surface area contributed by atoms with Gasteiger partial charge in [-0.1, -0.05) is 0 Å². The fourth-order valence-corrected chi connectivity index (χ4v) is 3.31. The van der Waals surface area contributed by atoms with Gasteiger partial charge in [0.1, 0.15) is 17.3 Å². The molecule has 3 N–H and O–H groups in total. The van der Waals surface area contributed by atoms with Crippen LogP contribution in [0.5, 0.6) is 0 Å². The topological polar surface area (TPSA) is 75.0 Å². The van der Waals surface area contributed by atoms with Gasteiger partial charge in [-0.05, 0) is 30.2 Å². The highest BCUT2D eigenvalue weighted by molar-refractivity contribution is 5.77. The maximum Gasteiger partial charge on any atom is 0.459 e. The van der Waals surface area contributed by atoms with Gasteiger partial charge in [0.05, 0.1) is 0 Å². The van der Waals surface area contributed by atoms with E-state index in [2.05, 4.69) is 10.2 Å². The quantitative estimate of drug-likeness (QED) is 0.705. The van der Waals surface area contributed by atoms with Crippen molar-refractivity contribution in [2.24, 2.45) is 5.73 Å². The number of aromatic nitrogens is 2. The van der Waals surface area contributed by atoms with Crippen molar-refractivity contribution in [2.45, 2.75) is 43.9 Å². The summed E-state index contributed by atoms with van der Waals surface area (Å²) < 4.78 is 92.5. The molecule has 1 aliphatic rings. The van der Waals surface area contributed by atoms with Crippen LogP contribution in [0, 0.1) is 11.6 Å². The molecule has 12 heteroatoms. The lowest BCUT2D eigenvalue weighted by Crippen LogP contribution is -2.41. The van der Waals surface area contributed by atoms with E-state index in [9.17, 15) is 35.5 Å². The summed E-state index contributed by atoms with van der Waals surface area (Å²) in [5.41, 5.74) is 4.06. The van der Waals surface area contributed by atoms with Crippen LogP contribution >= 0.6 is 0 Å². The first-order valence-electron chi connectivity index (χ1n) is 8.88. The number of fused-ring (bicyclic) bond motifs is 1. The van der Waals surface area contributed by atoms with Crippen molar-refractivity contribution in [3.8, 4) is 0 Å². The van der Waals surface area contributed by atoms with Gasteiger partial charge < -0.3 is 10.6 Å². The zero-order valence-electron chi connectivity index (χ0n) is 15.4. The van der Waals surface area contributed by atoms with E-state index in [1.165, 1.54) is 0 Å². The fraction of sp³-hybridized carbons (Fsp3) is 0.444. The van der Waals surface area contributed by atoms with E-state index in [1.54, 1.807) is 0 Å². The third-order valence-corrected chi connectivity index (χ3v) is 4.87. The number of nitrogens with zero attached hydrogens (tertiary/aromatic N) is 2.